The molecule has 6 heteroatoms. The Bertz CT molecular complexity index is 1230. The molecule has 2 atom stereocenters. The second-order valence-electron chi connectivity index (χ2n) is 9.27. The molecule has 38 heavy (non-hydrogen) atoms. The van der Waals surface area contributed by atoms with Crippen molar-refractivity contribution < 1.29 is 0 Å². The van der Waals surface area contributed by atoms with Crippen LogP contribution in [0.2, 0.25) is 0 Å². The van der Waals surface area contributed by atoms with Crippen LogP contribution < -0.4 is 10.6 Å². The van der Waals surface area contributed by atoms with Crippen LogP contribution in [0.1, 0.15) is 63.3 Å². The molecule has 0 aliphatic heterocycles. The zero-order valence-corrected chi connectivity index (χ0v) is 22.8. The Balaban J connectivity index is 0.00000195. The SMILES string of the molecule is C#C.CC[C@@H](C)NCc1ncc(-c2ccc(C#Cc3ccc(-c4cnc(CN[C@H](C)CC)[nH]4)cc3)cc2)[nH]1. The number of benzene rings is 2. The summed E-state index contributed by atoms with van der Waals surface area (Å²) in [4.78, 5) is 15.8. The van der Waals surface area contributed by atoms with Gasteiger partial charge in [-0.1, -0.05) is 50.0 Å². The third kappa shape index (κ3) is 8.21. The third-order valence-corrected chi connectivity index (χ3v) is 6.46. The standard InChI is InChI=1S/C30H36N6.C2H2/c1-5-21(3)31-19-29-33-17-27(35-29)25-13-9-23(10-14-25)7-8-24-11-15-26(16-12-24)28-18-34-30(36-28)20-32-22(4)6-2;1-2/h9-18,21-22,31-32H,5-6,19-20H2,1-4H3,(H,33,35)(H,34,36);1-2H/t21-,22-;/m1./s1. The number of hydrogen-bond acceptors (Lipinski definition) is 4. The van der Waals surface area contributed by atoms with Crippen LogP contribution in [0.4, 0.5) is 0 Å². The summed E-state index contributed by atoms with van der Waals surface area (Å²) in [5.41, 5.74) is 6.20. The van der Waals surface area contributed by atoms with Gasteiger partial charge in [0, 0.05) is 23.2 Å². The van der Waals surface area contributed by atoms with Crippen molar-refractivity contribution in [2.75, 3.05) is 0 Å². The van der Waals surface area contributed by atoms with Crippen LogP contribution in [0.3, 0.4) is 0 Å². The molecule has 0 bridgehead atoms. The first-order chi connectivity index (χ1) is 18.5. The lowest BCUT2D eigenvalue weighted by molar-refractivity contribution is 0.525. The number of nitrogens with zero attached hydrogens (tertiary/aromatic N) is 2. The number of aromatic nitrogens is 4. The molecule has 6 nitrogen and oxygen atoms in total. The fraction of sp³-hybridized carbons (Fsp3) is 0.312. The van der Waals surface area contributed by atoms with Crippen molar-refractivity contribution in [1.29, 1.82) is 0 Å². The van der Waals surface area contributed by atoms with Crippen LogP contribution in [-0.2, 0) is 13.1 Å². The monoisotopic (exact) mass is 506 g/mol. The van der Waals surface area contributed by atoms with Gasteiger partial charge in [-0.2, -0.15) is 0 Å². The van der Waals surface area contributed by atoms with E-state index in [1.807, 2.05) is 36.7 Å². The Hall–Kier alpha value is -4.10. The summed E-state index contributed by atoms with van der Waals surface area (Å²) in [7, 11) is 0. The molecule has 0 spiro atoms. The van der Waals surface area contributed by atoms with Crippen molar-refractivity contribution in [3.05, 3.63) is 83.7 Å². The normalized spacial score (nSPS) is 12.1. The van der Waals surface area contributed by atoms with Crippen molar-refractivity contribution in [2.45, 2.75) is 65.7 Å². The molecule has 0 radical (unpaired) electrons. The van der Waals surface area contributed by atoms with E-state index in [0.717, 1.165) is 71.2 Å². The summed E-state index contributed by atoms with van der Waals surface area (Å²) >= 11 is 0. The highest BCUT2D eigenvalue weighted by Crippen LogP contribution is 2.19. The highest BCUT2D eigenvalue weighted by molar-refractivity contribution is 5.62. The predicted molar refractivity (Wildman–Crippen MR) is 157 cm³/mol. The number of aromatic amines is 2. The number of terminal acetylenes is 1. The largest absolute Gasteiger partial charge is 0.341 e. The number of hydrogen-bond donors (Lipinski definition) is 4. The van der Waals surface area contributed by atoms with Crippen LogP contribution in [0.5, 0.6) is 0 Å². The molecule has 4 rings (SSSR count). The van der Waals surface area contributed by atoms with E-state index >= 15 is 0 Å². The van der Waals surface area contributed by atoms with E-state index in [9.17, 15) is 0 Å². The molecule has 0 aliphatic rings. The molecule has 2 heterocycles. The maximum atomic E-state index is 4.49. The van der Waals surface area contributed by atoms with E-state index in [2.05, 4.69) is 107 Å². The van der Waals surface area contributed by atoms with E-state index < -0.39 is 0 Å². The Morgan fingerprint density at radius 1 is 0.684 bits per heavy atom. The van der Waals surface area contributed by atoms with Gasteiger partial charge in [0.1, 0.15) is 11.6 Å². The number of nitrogens with one attached hydrogen (secondary N) is 4. The Morgan fingerprint density at radius 3 is 1.39 bits per heavy atom. The van der Waals surface area contributed by atoms with Crippen molar-refractivity contribution in [2.24, 2.45) is 0 Å². The van der Waals surface area contributed by atoms with Crippen LogP contribution in [0, 0.1) is 24.7 Å². The zero-order chi connectivity index (χ0) is 27.3. The summed E-state index contributed by atoms with van der Waals surface area (Å²) < 4.78 is 0. The van der Waals surface area contributed by atoms with Gasteiger partial charge in [-0.05, 0) is 62.1 Å². The minimum atomic E-state index is 0.479. The average Bonchev–Trinajstić information content (AvgIpc) is 3.65. The minimum Gasteiger partial charge on any atom is -0.341 e. The first-order valence-corrected chi connectivity index (χ1v) is 13.1. The van der Waals surface area contributed by atoms with Gasteiger partial charge in [0.2, 0.25) is 0 Å². The van der Waals surface area contributed by atoms with Gasteiger partial charge in [0.05, 0.1) is 36.9 Å². The third-order valence-electron chi connectivity index (χ3n) is 6.46. The summed E-state index contributed by atoms with van der Waals surface area (Å²) in [6.07, 6.45) is 14.0. The number of imidazole rings is 2. The molecule has 0 amide bonds. The quantitative estimate of drug-likeness (QED) is 0.202. The number of H-pyrrole nitrogens is 2. The summed E-state index contributed by atoms with van der Waals surface area (Å²) in [5, 5.41) is 6.92. The van der Waals surface area contributed by atoms with Crippen LogP contribution in [0.15, 0.2) is 60.9 Å². The minimum absolute atomic E-state index is 0.479. The van der Waals surface area contributed by atoms with Gasteiger partial charge < -0.3 is 20.6 Å². The van der Waals surface area contributed by atoms with Crippen LogP contribution >= 0.6 is 0 Å². The molecule has 0 unspecified atom stereocenters. The van der Waals surface area contributed by atoms with Crippen molar-refractivity contribution in [1.82, 2.24) is 30.6 Å². The van der Waals surface area contributed by atoms with Gasteiger partial charge in [0.15, 0.2) is 0 Å². The van der Waals surface area contributed by atoms with E-state index in [1.54, 1.807) is 0 Å². The van der Waals surface area contributed by atoms with Gasteiger partial charge in [0.25, 0.3) is 0 Å². The average molecular weight is 507 g/mol. The molecule has 2 aromatic heterocycles. The molecular formula is C32H38N6. The summed E-state index contributed by atoms with van der Waals surface area (Å²) in [6, 6.07) is 17.5. The molecule has 0 saturated heterocycles. The van der Waals surface area contributed by atoms with Crippen molar-refractivity contribution in [3.8, 4) is 47.2 Å². The summed E-state index contributed by atoms with van der Waals surface area (Å²) in [6.45, 7) is 10.2. The summed E-state index contributed by atoms with van der Waals surface area (Å²) in [5.74, 6) is 8.43. The molecule has 2 aromatic carbocycles. The van der Waals surface area contributed by atoms with Gasteiger partial charge in [-0.25, -0.2) is 9.97 Å². The predicted octanol–water partition coefficient (Wildman–Crippen LogP) is 5.89. The Kier molecular flexibility index (Phi) is 10.9. The van der Waals surface area contributed by atoms with E-state index in [4.69, 9.17) is 0 Å². The van der Waals surface area contributed by atoms with E-state index in [0.29, 0.717) is 12.1 Å². The smallest absolute Gasteiger partial charge is 0.120 e. The molecule has 196 valence electrons. The van der Waals surface area contributed by atoms with E-state index in [1.165, 1.54) is 0 Å². The van der Waals surface area contributed by atoms with Gasteiger partial charge in [-0.3, -0.25) is 0 Å². The fourth-order valence-corrected chi connectivity index (χ4v) is 3.64. The molecule has 0 aliphatic carbocycles. The molecular weight excluding hydrogens is 468 g/mol. The van der Waals surface area contributed by atoms with E-state index in [-0.39, 0.29) is 0 Å². The highest BCUT2D eigenvalue weighted by Gasteiger charge is 2.06. The highest BCUT2D eigenvalue weighted by atomic mass is 15.0. The van der Waals surface area contributed by atoms with Crippen molar-refractivity contribution >= 4 is 0 Å². The Labute approximate surface area is 227 Å². The first-order valence-electron chi connectivity index (χ1n) is 13.1. The second kappa shape index (κ2) is 14.6. The van der Waals surface area contributed by atoms with Gasteiger partial charge in [-0.15, -0.1) is 12.8 Å². The Morgan fingerprint density at radius 2 is 1.05 bits per heavy atom. The zero-order valence-electron chi connectivity index (χ0n) is 22.8. The lowest BCUT2D eigenvalue weighted by Crippen LogP contribution is -2.24. The fourth-order valence-electron chi connectivity index (χ4n) is 3.64. The van der Waals surface area contributed by atoms with Crippen LogP contribution in [0.25, 0.3) is 22.5 Å². The number of rotatable bonds is 10. The molecule has 0 fully saturated rings. The molecule has 4 aromatic rings. The second-order valence-corrected chi connectivity index (χ2v) is 9.27. The topological polar surface area (TPSA) is 81.4 Å². The molecule has 0 saturated carbocycles. The lowest BCUT2D eigenvalue weighted by Gasteiger charge is -2.08. The maximum absolute atomic E-state index is 4.49. The van der Waals surface area contributed by atoms with Gasteiger partial charge >= 0.3 is 0 Å². The first kappa shape index (κ1) is 28.5. The maximum Gasteiger partial charge on any atom is 0.120 e. The lowest BCUT2D eigenvalue weighted by atomic mass is 10.1. The van der Waals surface area contributed by atoms with Crippen LogP contribution in [-0.4, -0.2) is 32.0 Å². The molecule has 4 N–H and O–H groups in total. The van der Waals surface area contributed by atoms with Crippen molar-refractivity contribution in [3.63, 3.8) is 0 Å².